The molecule has 0 radical (unpaired) electrons. The zero-order valence-electron chi connectivity index (χ0n) is 15.2. The highest BCUT2D eigenvalue weighted by atomic mass is 127. The molecule has 142 valence electrons. The van der Waals surface area contributed by atoms with E-state index in [2.05, 4.69) is 43.2 Å². The van der Waals surface area contributed by atoms with Crippen LogP contribution in [0.5, 0.6) is 0 Å². The van der Waals surface area contributed by atoms with Crippen molar-refractivity contribution in [3.8, 4) is 0 Å². The predicted octanol–water partition coefficient (Wildman–Crippen LogP) is 2.86. The van der Waals surface area contributed by atoms with Gasteiger partial charge in [-0.1, -0.05) is 22.8 Å². The molecule has 1 aromatic heterocycles. The highest BCUT2D eigenvalue weighted by Gasteiger charge is 2.21. The molecule has 26 heavy (non-hydrogen) atoms. The third-order valence-electron chi connectivity index (χ3n) is 4.27. The van der Waals surface area contributed by atoms with Gasteiger partial charge in [-0.2, -0.15) is 4.98 Å². The van der Waals surface area contributed by atoms with Crippen molar-refractivity contribution in [1.82, 2.24) is 20.4 Å². The van der Waals surface area contributed by atoms with Gasteiger partial charge in [0.25, 0.3) is 0 Å². The fraction of sp³-hybridized carbons (Fsp3) is 0.471. The van der Waals surface area contributed by atoms with Crippen LogP contribution in [0.15, 0.2) is 27.7 Å². The summed E-state index contributed by atoms with van der Waals surface area (Å²) in [6.07, 6.45) is 0. The molecule has 1 saturated heterocycles. The molecule has 0 atom stereocenters. The molecule has 0 saturated carbocycles. The van der Waals surface area contributed by atoms with Gasteiger partial charge in [0.05, 0.1) is 6.54 Å². The molecule has 0 amide bonds. The van der Waals surface area contributed by atoms with Gasteiger partial charge in [-0.25, -0.2) is 0 Å². The van der Waals surface area contributed by atoms with E-state index < -0.39 is 0 Å². The van der Waals surface area contributed by atoms with E-state index in [1.807, 2.05) is 12.1 Å². The molecule has 1 N–H and O–H groups in total. The number of rotatable bonds is 3. The van der Waals surface area contributed by atoms with E-state index in [1.165, 1.54) is 11.3 Å². The van der Waals surface area contributed by atoms with Gasteiger partial charge in [0.15, 0.2) is 11.8 Å². The summed E-state index contributed by atoms with van der Waals surface area (Å²) in [5.74, 6) is 2.04. The number of hydrogen-bond donors (Lipinski definition) is 1. The lowest BCUT2D eigenvalue weighted by atomic mass is 10.1. The Hall–Kier alpha value is -1.55. The van der Waals surface area contributed by atoms with Crippen LogP contribution in [0, 0.1) is 13.8 Å². The van der Waals surface area contributed by atoms with Crippen LogP contribution in [0.3, 0.4) is 0 Å². The van der Waals surface area contributed by atoms with Gasteiger partial charge in [0.2, 0.25) is 5.89 Å². The fourth-order valence-electron chi connectivity index (χ4n) is 2.98. The first-order valence-corrected chi connectivity index (χ1v) is 8.70. The van der Waals surface area contributed by atoms with Crippen molar-refractivity contribution >= 4 is 47.2 Å². The van der Waals surface area contributed by atoms with E-state index in [-0.39, 0.29) is 24.0 Å². The van der Waals surface area contributed by atoms with Crippen molar-refractivity contribution in [2.24, 2.45) is 4.99 Å². The average molecular weight is 491 g/mol. The van der Waals surface area contributed by atoms with Crippen molar-refractivity contribution in [1.29, 1.82) is 0 Å². The normalized spacial score (nSPS) is 15.0. The van der Waals surface area contributed by atoms with Crippen LogP contribution in [0.4, 0.5) is 5.69 Å². The summed E-state index contributed by atoms with van der Waals surface area (Å²) in [5, 5.41) is 7.85. The maximum atomic E-state index is 6.15. The van der Waals surface area contributed by atoms with Crippen molar-refractivity contribution in [2.45, 2.75) is 20.4 Å². The van der Waals surface area contributed by atoms with Crippen molar-refractivity contribution in [3.63, 3.8) is 0 Å². The Morgan fingerprint density at radius 2 is 2.00 bits per heavy atom. The number of hydrogen-bond acceptors (Lipinski definition) is 5. The van der Waals surface area contributed by atoms with Gasteiger partial charge >= 0.3 is 0 Å². The first kappa shape index (κ1) is 20.8. The molecule has 1 aliphatic rings. The minimum Gasteiger partial charge on any atom is -0.368 e. The molecule has 0 aliphatic carbocycles. The summed E-state index contributed by atoms with van der Waals surface area (Å²) in [4.78, 5) is 13.2. The second-order valence-electron chi connectivity index (χ2n) is 6.04. The molecule has 0 spiro atoms. The Morgan fingerprint density at radius 1 is 1.27 bits per heavy atom. The zero-order chi connectivity index (χ0) is 17.8. The number of nitrogens with zero attached hydrogens (tertiary/aromatic N) is 5. The molecular weight excluding hydrogens is 467 g/mol. The van der Waals surface area contributed by atoms with Gasteiger partial charge in [0.1, 0.15) is 0 Å². The highest BCUT2D eigenvalue weighted by molar-refractivity contribution is 14.0. The molecular formula is C17H24ClIN6O. The third kappa shape index (κ3) is 5.00. The van der Waals surface area contributed by atoms with E-state index >= 15 is 0 Å². The predicted molar refractivity (Wildman–Crippen MR) is 115 cm³/mol. The number of anilines is 1. The summed E-state index contributed by atoms with van der Waals surface area (Å²) < 4.78 is 5.13. The second-order valence-corrected chi connectivity index (χ2v) is 6.48. The second kappa shape index (κ2) is 9.40. The molecule has 2 aromatic rings. The van der Waals surface area contributed by atoms with E-state index in [1.54, 1.807) is 14.0 Å². The number of benzene rings is 1. The Bertz CT molecular complexity index is 757. The monoisotopic (exact) mass is 490 g/mol. The van der Waals surface area contributed by atoms with Gasteiger partial charge in [-0.05, 0) is 31.5 Å². The number of aromatic nitrogens is 2. The largest absolute Gasteiger partial charge is 0.368 e. The molecule has 1 aromatic carbocycles. The highest BCUT2D eigenvalue weighted by Crippen LogP contribution is 2.25. The van der Waals surface area contributed by atoms with Crippen LogP contribution in [-0.2, 0) is 6.54 Å². The van der Waals surface area contributed by atoms with E-state index in [0.29, 0.717) is 18.3 Å². The van der Waals surface area contributed by atoms with Gasteiger partial charge in [-0.15, -0.1) is 24.0 Å². The smallest absolute Gasteiger partial charge is 0.246 e. The standard InChI is InChI=1S/C17H23ClN6O.HI/c1-12-4-5-14(18)10-15(12)23-6-8-24(9-7-23)17(19-3)20-11-16-21-13(2)22-25-16;/h4-5,10H,6-9,11H2,1-3H3,(H,19,20);1H. The van der Waals surface area contributed by atoms with Crippen LogP contribution in [0.25, 0.3) is 0 Å². The lowest BCUT2D eigenvalue weighted by Gasteiger charge is -2.38. The maximum absolute atomic E-state index is 6.15. The Balaban J connectivity index is 0.00000243. The van der Waals surface area contributed by atoms with Crippen molar-refractivity contribution < 1.29 is 4.52 Å². The molecule has 3 rings (SSSR count). The minimum atomic E-state index is 0. The molecule has 9 heteroatoms. The van der Waals surface area contributed by atoms with Crippen LogP contribution < -0.4 is 10.2 Å². The summed E-state index contributed by atoms with van der Waals surface area (Å²) in [6, 6.07) is 6.04. The topological polar surface area (TPSA) is 69.8 Å². The Kier molecular flexibility index (Phi) is 7.51. The summed E-state index contributed by atoms with van der Waals surface area (Å²) in [5.41, 5.74) is 2.45. The molecule has 2 heterocycles. The molecule has 7 nitrogen and oxygen atoms in total. The average Bonchev–Trinajstić information content (AvgIpc) is 3.03. The van der Waals surface area contributed by atoms with E-state index in [4.69, 9.17) is 16.1 Å². The molecule has 1 fully saturated rings. The van der Waals surface area contributed by atoms with Crippen LogP contribution in [-0.4, -0.2) is 54.2 Å². The number of nitrogens with one attached hydrogen (secondary N) is 1. The Morgan fingerprint density at radius 3 is 2.62 bits per heavy atom. The Labute approximate surface area is 175 Å². The summed E-state index contributed by atoms with van der Waals surface area (Å²) >= 11 is 6.15. The summed E-state index contributed by atoms with van der Waals surface area (Å²) in [7, 11) is 1.79. The van der Waals surface area contributed by atoms with Crippen LogP contribution in [0.2, 0.25) is 5.02 Å². The van der Waals surface area contributed by atoms with Crippen molar-refractivity contribution in [2.75, 3.05) is 38.1 Å². The fourth-order valence-corrected chi connectivity index (χ4v) is 3.15. The van der Waals surface area contributed by atoms with Crippen LogP contribution in [0.1, 0.15) is 17.3 Å². The number of guanidine groups is 1. The quantitative estimate of drug-likeness (QED) is 0.405. The maximum Gasteiger partial charge on any atom is 0.246 e. The zero-order valence-corrected chi connectivity index (χ0v) is 18.3. The van der Waals surface area contributed by atoms with Gasteiger partial charge in [0, 0.05) is 43.9 Å². The molecule has 0 unspecified atom stereocenters. The van der Waals surface area contributed by atoms with Crippen molar-refractivity contribution in [3.05, 3.63) is 40.5 Å². The first-order valence-electron chi connectivity index (χ1n) is 8.32. The van der Waals surface area contributed by atoms with E-state index in [0.717, 1.165) is 37.2 Å². The number of piperazine rings is 1. The lowest BCUT2D eigenvalue weighted by Crippen LogP contribution is -2.52. The number of aliphatic imine (C=N–C) groups is 1. The van der Waals surface area contributed by atoms with Crippen LogP contribution >= 0.6 is 35.6 Å². The van der Waals surface area contributed by atoms with E-state index in [9.17, 15) is 0 Å². The SMILES string of the molecule is CN=C(NCc1nc(C)no1)N1CCN(c2cc(Cl)ccc2C)CC1.I. The lowest BCUT2D eigenvalue weighted by molar-refractivity contribution is 0.353. The number of aryl methyl sites for hydroxylation is 2. The van der Waals surface area contributed by atoms with Gasteiger partial charge in [-0.3, -0.25) is 4.99 Å². The number of halogens is 2. The third-order valence-corrected chi connectivity index (χ3v) is 4.51. The minimum absolute atomic E-state index is 0. The first-order chi connectivity index (χ1) is 12.1. The molecule has 0 bridgehead atoms. The summed E-state index contributed by atoms with van der Waals surface area (Å²) in [6.45, 7) is 8.00. The van der Waals surface area contributed by atoms with Gasteiger partial charge < -0.3 is 19.6 Å². The molecule has 1 aliphatic heterocycles.